The summed E-state index contributed by atoms with van der Waals surface area (Å²) >= 11 is 0. The minimum atomic E-state index is -1.01. The number of aromatic carboxylic acids is 1. The number of carboxylic acids is 1. The average Bonchev–Trinajstić information content (AvgIpc) is 3.05. The SMILES string of the molecule is O=C1C[C@@H](c2ccc(C(=O)O)cc2)c2ncn(-c3ccccc3F)c2N1. The Balaban J connectivity index is 1.79. The number of halogens is 1. The van der Waals surface area contributed by atoms with Crippen molar-refractivity contribution in [3.63, 3.8) is 0 Å². The average molecular weight is 351 g/mol. The first kappa shape index (κ1) is 16.0. The van der Waals surface area contributed by atoms with Crippen molar-refractivity contribution in [1.82, 2.24) is 9.55 Å². The number of rotatable bonds is 3. The number of para-hydroxylation sites is 1. The zero-order valence-corrected chi connectivity index (χ0v) is 13.5. The van der Waals surface area contributed by atoms with Crippen LogP contribution in [0, 0.1) is 5.82 Å². The Kier molecular flexibility index (Phi) is 3.76. The number of hydrogen-bond acceptors (Lipinski definition) is 3. The van der Waals surface area contributed by atoms with Crippen LogP contribution in [0.1, 0.15) is 34.0 Å². The van der Waals surface area contributed by atoms with E-state index in [1.807, 2.05) is 0 Å². The van der Waals surface area contributed by atoms with E-state index >= 15 is 0 Å². The van der Waals surface area contributed by atoms with Crippen LogP contribution in [0.3, 0.4) is 0 Å². The van der Waals surface area contributed by atoms with Gasteiger partial charge in [-0.25, -0.2) is 14.2 Å². The van der Waals surface area contributed by atoms with Gasteiger partial charge in [0.05, 0.1) is 16.9 Å². The number of carbonyl (C=O) groups excluding carboxylic acids is 1. The highest BCUT2D eigenvalue weighted by Gasteiger charge is 2.31. The second-order valence-electron chi connectivity index (χ2n) is 6.03. The van der Waals surface area contributed by atoms with Gasteiger partial charge in [-0.1, -0.05) is 24.3 Å². The van der Waals surface area contributed by atoms with Crippen molar-refractivity contribution in [3.8, 4) is 5.69 Å². The van der Waals surface area contributed by atoms with Crippen molar-refractivity contribution in [2.45, 2.75) is 12.3 Å². The maximum Gasteiger partial charge on any atom is 0.335 e. The largest absolute Gasteiger partial charge is 0.478 e. The number of imidazole rings is 1. The molecule has 1 amide bonds. The number of fused-ring (bicyclic) bond motifs is 1. The summed E-state index contributed by atoms with van der Waals surface area (Å²) in [6.07, 6.45) is 1.67. The van der Waals surface area contributed by atoms with Crippen LogP contribution in [0.5, 0.6) is 0 Å². The molecule has 0 spiro atoms. The van der Waals surface area contributed by atoms with Crippen LogP contribution in [0.4, 0.5) is 10.2 Å². The molecule has 2 aromatic carbocycles. The Morgan fingerprint density at radius 2 is 1.92 bits per heavy atom. The molecule has 1 atom stereocenters. The fourth-order valence-corrected chi connectivity index (χ4v) is 3.17. The number of benzene rings is 2. The fourth-order valence-electron chi connectivity index (χ4n) is 3.17. The molecular weight excluding hydrogens is 337 g/mol. The molecule has 26 heavy (non-hydrogen) atoms. The third kappa shape index (κ3) is 2.63. The molecule has 2 N–H and O–H groups in total. The van der Waals surface area contributed by atoms with Gasteiger partial charge in [-0.3, -0.25) is 9.36 Å². The smallest absolute Gasteiger partial charge is 0.335 e. The van der Waals surface area contributed by atoms with Crippen molar-refractivity contribution >= 4 is 17.7 Å². The Bertz CT molecular complexity index is 1010. The van der Waals surface area contributed by atoms with Gasteiger partial charge in [-0.05, 0) is 29.8 Å². The molecule has 130 valence electrons. The van der Waals surface area contributed by atoms with Gasteiger partial charge in [0.25, 0.3) is 0 Å². The van der Waals surface area contributed by atoms with Gasteiger partial charge in [0, 0.05) is 12.3 Å². The predicted octanol–water partition coefficient (Wildman–Crippen LogP) is 3.18. The molecule has 1 aromatic heterocycles. The van der Waals surface area contributed by atoms with Crippen LogP contribution in [0.25, 0.3) is 5.69 Å². The molecule has 0 fully saturated rings. The van der Waals surface area contributed by atoms with Crippen molar-refractivity contribution < 1.29 is 19.1 Å². The normalized spacial score (nSPS) is 16.0. The van der Waals surface area contributed by atoms with Crippen molar-refractivity contribution in [2.75, 3.05) is 5.32 Å². The molecule has 0 saturated heterocycles. The Morgan fingerprint density at radius 3 is 2.62 bits per heavy atom. The first-order valence-corrected chi connectivity index (χ1v) is 8.00. The predicted molar refractivity (Wildman–Crippen MR) is 92.0 cm³/mol. The topological polar surface area (TPSA) is 84.2 Å². The van der Waals surface area contributed by atoms with Gasteiger partial charge in [-0.15, -0.1) is 0 Å². The van der Waals surface area contributed by atoms with Crippen LogP contribution in [-0.2, 0) is 4.79 Å². The lowest BCUT2D eigenvalue weighted by atomic mass is 9.89. The van der Waals surface area contributed by atoms with Gasteiger partial charge < -0.3 is 10.4 Å². The summed E-state index contributed by atoms with van der Waals surface area (Å²) in [4.78, 5) is 27.6. The molecule has 0 unspecified atom stereocenters. The molecule has 7 heteroatoms. The van der Waals surface area contributed by atoms with E-state index in [-0.39, 0.29) is 23.8 Å². The van der Waals surface area contributed by atoms with Gasteiger partial charge in [0.2, 0.25) is 5.91 Å². The number of aromatic nitrogens is 2. The molecule has 6 nitrogen and oxygen atoms in total. The number of amides is 1. The second-order valence-corrected chi connectivity index (χ2v) is 6.03. The van der Waals surface area contributed by atoms with Gasteiger partial charge in [-0.2, -0.15) is 0 Å². The van der Waals surface area contributed by atoms with Crippen molar-refractivity contribution in [2.24, 2.45) is 0 Å². The standard InChI is InChI=1S/C19H14FN3O3/c20-14-3-1-2-4-15(14)23-10-21-17-13(9-16(24)22-18(17)23)11-5-7-12(8-6-11)19(25)26/h1-8,10,13H,9H2,(H,22,24)(H,25,26)/t13-/m0/s1. The molecule has 4 rings (SSSR count). The fraction of sp³-hybridized carbons (Fsp3) is 0.105. The molecule has 3 aromatic rings. The lowest BCUT2D eigenvalue weighted by Crippen LogP contribution is -2.25. The zero-order valence-electron chi connectivity index (χ0n) is 13.5. The van der Waals surface area contributed by atoms with Crippen LogP contribution in [0.15, 0.2) is 54.9 Å². The first-order chi connectivity index (χ1) is 12.5. The summed E-state index contributed by atoms with van der Waals surface area (Å²) in [5.41, 5.74) is 1.87. The van der Waals surface area contributed by atoms with Crippen LogP contribution in [0.2, 0.25) is 0 Å². The minimum Gasteiger partial charge on any atom is -0.478 e. The number of hydrogen-bond donors (Lipinski definition) is 2. The van der Waals surface area contributed by atoms with Crippen LogP contribution < -0.4 is 5.32 Å². The van der Waals surface area contributed by atoms with E-state index in [0.717, 1.165) is 5.56 Å². The monoisotopic (exact) mass is 351 g/mol. The van der Waals surface area contributed by atoms with Gasteiger partial charge in [0.15, 0.2) is 0 Å². The molecule has 1 aliphatic heterocycles. The highest BCUT2D eigenvalue weighted by Crippen LogP contribution is 2.37. The van der Waals surface area contributed by atoms with E-state index in [9.17, 15) is 14.0 Å². The van der Waals surface area contributed by atoms with E-state index < -0.39 is 11.8 Å². The minimum absolute atomic E-state index is 0.172. The third-order valence-electron chi connectivity index (χ3n) is 4.45. The number of carboxylic acid groups (broad SMARTS) is 1. The maximum absolute atomic E-state index is 14.1. The van der Waals surface area contributed by atoms with E-state index in [4.69, 9.17) is 5.11 Å². The summed E-state index contributed by atoms with van der Waals surface area (Å²) in [6.45, 7) is 0. The lowest BCUT2D eigenvalue weighted by Gasteiger charge is -2.23. The Hall–Kier alpha value is -3.48. The summed E-state index contributed by atoms with van der Waals surface area (Å²) in [6, 6.07) is 12.6. The van der Waals surface area contributed by atoms with E-state index in [0.29, 0.717) is 17.2 Å². The highest BCUT2D eigenvalue weighted by molar-refractivity contribution is 5.94. The van der Waals surface area contributed by atoms with Crippen LogP contribution in [-0.4, -0.2) is 26.5 Å². The molecule has 0 radical (unpaired) electrons. The summed E-state index contributed by atoms with van der Waals surface area (Å²) in [5, 5.41) is 11.8. The maximum atomic E-state index is 14.1. The Morgan fingerprint density at radius 1 is 1.19 bits per heavy atom. The number of nitrogens with one attached hydrogen (secondary N) is 1. The molecule has 0 aliphatic carbocycles. The summed E-state index contributed by atoms with van der Waals surface area (Å²) < 4.78 is 15.7. The molecule has 1 aliphatic rings. The zero-order chi connectivity index (χ0) is 18.3. The third-order valence-corrected chi connectivity index (χ3v) is 4.45. The number of nitrogens with zero attached hydrogens (tertiary/aromatic N) is 2. The van der Waals surface area contributed by atoms with Crippen LogP contribution >= 0.6 is 0 Å². The van der Waals surface area contributed by atoms with Crippen molar-refractivity contribution in [3.05, 3.63) is 77.5 Å². The lowest BCUT2D eigenvalue weighted by molar-refractivity contribution is -0.116. The molecule has 0 bridgehead atoms. The molecule has 2 heterocycles. The van der Waals surface area contributed by atoms with Gasteiger partial charge >= 0.3 is 5.97 Å². The van der Waals surface area contributed by atoms with E-state index in [1.165, 1.54) is 29.1 Å². The number of carbonyl (C=O) groups is 2. The first-order valence-electron chi connectivity index (χ1n) is 8.00. The van der Waals surface area contributed by atoms with Crippen molar-refractivity contribution in [1.29, 1.82) is 0 Å². The molecule has 0 saturated carbocycles. The van der Waals surface area contributed by atoms with E-state index in [1.54, 1.807) is 30.3 Å². The second kappa shape index (κ2) is 6.11. The summed E-state index contributed by atoms with van der Waals surface area (Å²) in [5.74, 6) is -1.53. The summed E-state index contributed by atoms with van der Waals surface area (Å²) in [7, 11) is 0. The highest BCUT2D eigenvalue weighted by atomic mass is 19.1. The van der Waals surface area contributed by atoms with Gasteiger partial charge in [0.1, 0.15) is 18.0 Å². The Labute approximate surface area is 147 Å². The number of anilines is 1. The quantitative estimate of drug-likeness (QED) is 0.759. The molecular formula is C19H14FN3O3. The van der Waals surface area contributed by atoms with E-state index in [2.05, 4.69) is 10.3 Å².